The molecular weight excluding hydrogens is 224 g/mol. The van der Waals surface area contributed by atoms with Gasteiger partial charge >= 0.3 is 0 Å². The molecule has 3 nitrogen and oxygen atoms in total. The zero-order chi connectivity index (χ0) is 13.6. The molecule has 18 heavy (non-hydrogen) atoms. The maximum atomic E-state index is 5.77. The van der Waals surface area contributed by atoms with Gasteiger partial charge in [-0.1, -0.05) is 26.0 Å². The van der Waals surface area contributed by atoms with E-state index in [9.17, 15) is 0 Å². The van der Waals surface area contributed by atoms with Gasteiger partial charge in [-0.3, -0.25) is 0 Å². The van der Waals surface area contributed by atoms with Gasteiger partial charge in [0.2, 0.25) is 0 Å². The molecular formula is C15H26N2O. The summed E-state index contributed by atoms with van der Waals surface area (Å²) in [4.78, 5) is 0. The Hall–Kier alpha value is -1.22. The lowest BCUT2D eigenvalue weighted by molar-refractivity contribution is 0.243. The van der Waals surface area contributed by atoms with Gasteiger partial charge in [-0.2, -0.15) is 0 Å². The molecule has 0 heterocycles. The molecule has 0 spiro atoms. The van der Waals surface area contributed by atoms with Gasteiger partial charge < -0.3 is 15.8 Å². The van der Waals surface area contributed by atoms with Crippen LogP contribution in [0.1, 0.15) is 34.1 Å². The number of anilines is 1. The van der Waals surface area contributed by atoms with Crippen molar-refractivity contribution >= 4 is 5.69 Å². The van der Waals surface area contributed by atoms with Crippen LogP contribution in [-0.2, 0) is 0 Å². The van der Waals surface area contributed by atoms with E-state index >= 15 is 0 Å². The quantitative estimate of drug-likeness (QED) is 0.781. The maximum absolute atomic E-state index is 5.77. The Morgan fingerprint density at radius 2 is 1.94 bits per heavy atom. The minimum Gasteiger partial charge on any atom is -0.489 e. The largest absolute Gasteiger partial charge is 0.489 e. The number of ether oxygens (including phenoxy) is 1. The van der Waals surface area contributed by atoms with E-state index in [2.05, 4.69) is 19.2 Å². The lowest BCUT2D eigenvalue weighted by Crippen LogP contribution is -2.26. The third kappa shape index (κ3) is 4.96. The van der Waals surface area contributed by atoms with Crippen LogP contribution in [-0.4, -0.2) is 19.2 Å². The summed E-state index contributed by atoms with van der Waals surface area (Å²) in [5.74, 6) is 0.915. The second-order valence-electron chi connectivity index (χ2n) is 5.71. The van der Waals surface area contributed by atoms with Crippen LogP contribution in [0, 0.1) is 5.41 Å². The highest BCUT2D eigenvalue weighted by Gasteiger charge is 2.15. The predicted molar refractivity (Wildman–Crippen MR) is 78.1 cm³/mol. The fraction of sp³-hybridized carbons (Fsp3) is 0.600. The summed E-state index contributed by atoms with van der Waals surface area (Å²) in [6.45, 7) is 10.1. The number of para-hydroxylation sites is 2. The van der Waals surface area contributed by atoms with Gasteiger partial charge in [-0.15, -0.1) is 0 Å². The van der Waals surface area contributed by atoms with Crippen molar-refractivity contribution in [3.8, 4) is 5.75 Å². The first-order chi connectivity index (χ1) is 8.44. The Morgan fingerprint density at radius 3 is 2.56 bits per heavy atom. The van der Waals surface area contributed by atoms with Crippen LogP contribution < -0.4 is 15.8 Å². The molecule has 0 bridgehead atoms. The summed E-state index contributed by atoms with van der Waals surface area (Å²) in [7, 11) is 0. The van der Waals surface area contributed by atoms with Crippen molar-refractivity contribution in [3.63, 3.8) is 0 Å². The second-order valence-corrected chi connectivity index (χ2v) is 5.71. The molecule has 0 fully saturated rings. The van der Waals surface area contributed by atoms with Crippen molar-refractivity contribution in [3.05, 3.63) is 24.3 Å². The smallest absolute Gasteiger partial charge is 0.142 e. The van der Waals surface area contributed by atoms with Crippen molar-refractivity contribution in [2.24, 2.45) is 11.1 Å². The fourth-order valence-electron chi connectivity index (χ4n) is 1.61. The molecule has 0 atom stereocenters. The highest BCUT2D eigenvalue weighted by molar-refractivity contribution is 5.56. The molecule has 1 aromatic carbocycles. The predicted octanol–water partition coefficient (Wildman–Crippen LogP) is 3.26. The molecule has 0 aliphatic carbocycles. The molecule has 0 unspecified atom stereocenters. The number of benzene rings is 1. The molecule has 0 amide bonds. The Bertz CT molecular complexity index is 361. The molecule has 3 N–H and O–H groups in total. The van der Waals surface area contributed by atoms with Gasteiger partial charge in [0.15, 0.2) is 0 Å². The molecule has 1 aromatic rings. The number of rotatable bonds is 7. The average molecular weight is 250 g/mol. The highest BCUT2D eigenvalue weighted by Crippen LogP contribution is 2.26. The van der Waals surface area contributed by atoms with Crippen molar-refractivity contribution in [1.82, 2.24) is 0 Å². The first kappa shape index (κ1) is 14.8. The molecule has 102 valence electrons. The van der Waals surface area contributed by atoms with Crippen LogP contribution in [0.4, 0.5) is 5.69 Å². The Morgan fingerprint density at radius 1 is 1.28 bits per heavy atom. The standard InChI is InChI=1S/C15H26N2O/c1-12(2)18-14-8-6-5-7-13(14)17-10-9-15(3,4)11-16/h5-8,12,17H,9-11,16H2,1-4H3. The molecule has 1 rings (SSSR count). The zero-order valence-electron chi connectivity index (χ0n) is 12.0. The lowest BCUT2D eigenvalue weighted by atomic mass is 9.90. The molecule has 0 radical (unpaired) electrons. The summed E-state index contributed by atoms with van der Waals surface area (Å²) in [5, 5.41) is 3.43. The van der Waals surface area contributed by atoms with Crippen LogP contribution in [0.2, 0.25) is 0 Å². The van der Waals surface area contributed by atoms with Crippen molar-refractivity contribution in [1.29, 1.82) is 0 Å². The molecule has 0 aromatic heterocycles. The summed E-state index contributed by atoms with van der Waals surface area (Å²) < 4.78 is 5.77. The Balaban J connectivity index is 2.56. The minimum atomic E-state index is 0.181. The summed E-state index contributed by atoms with van der Waals surface area (Å²) in [6, 6.07) is 8.06. The molecule has 0 saturated carbocycles. The number of nitrogens with one attached hydrogen (secondary N) is 1. The van der Waals surface area contributed by atoms with Gasteiger partial charge in [0.1, 0.15) is 5.75 Å². The number of hydrogen-bond acceptors (Lipinski definition) is 3. The van der Waals surface area contributed by atoms with E-state index in [1.54, 1.807) is 0 Å². The van der Waals surface area contributed by atoms with Gasteiger partial charge in [0.25, 0.3) is 0 Å². The minimum absolute atomic E-state index is 0.181. The maximum Gasteiger partial charge on any atom is 0.142 e. The Labute approximate surface area is 111 Å². The highest BCUT2D eigenvalue weighted by atomic mass is 16.5. The fourth-order valence-corrected chi connectivity index (χ4v) is 1.61. The number of nitrogens with two attached hydrogens (primary N) is 1. The van der Waals surface area contributed by atoms with Crippen LogP contribution in [0.3, 0.4) is 0 Å². The first-order valence-electron chi connectivity index (χ1n) is 6.64. The van der Waals surface area contributed by atoms with Crippen molar-refractivity contribution in [2.75, 3.05) is 18.4 Å². The number of hydrogen-bond donors (Lipinski definition) is 2. The van der Waals surface area contributed by atoms with Gasteiger partial charge in [0.05, 0.1) is 11.8 Å². The van der Waals surface area contributed by atoms with E-state index in [1.165, 1.54) is 0 Å². The van der Waals surface area contributed by atoms with Crippen molar-refractivity contribution < 1.29 is 4.74 Å². The summed E-state index contributed by atoms with van der Waals surface area (Å²) >= 11 is 0. The lowest BCUT2D eigenvalue weighted by Gasteiger charge is -2.23. The van der Waals surface area contributed by atoms with Crippen LogP contribution in [0.25, 0.3) is 0 Å². The summed E-state index contributed by atoms with van der Waals surface area (Å²) in [6.07, 6.45) is 1.23. The van der Waals surface area contributed by atoms with Gasteiger partial charge in [-0.05, 0) is 44.4 Å². The van der Waals surface area contributed by atoms with E-state index in [0.717, 1.165) is 24.4 Å². The molecule has 0 aliphatic heterocycles. The van der Waals surface area contributed by atoms with Gasteiger partial charge in [-0.25, -0.2) is 0 Å². The van der Waals surface area contributed by atoms with E-state index in [0.29, 0.717) is 6.54 Å². The van der Waals surface area contributed by atoms with Crippen LogP contribution >= 0.6 is 0 Å². The monoisotopic (exact) mass is 250 g/mol. The second kappa shape index (κ2) is 6.64. The zero-order valence-corrected chi connectivity index (χ0v) is 12.0. The first-order valence-corrected chi connectivity index (χ1v) is 6.64. The molecule has 0 aliphatic rings. The average Bonchev–Trinajstić information content (AvgIpc) is 2.30. The van der Waals surface area contributed by atoms with E-state index in [1.807, 2.05) is 38.1 Å². The van der Waals surface area contributed by atoms with E-state index in [-0.39, 0.29) is 11.5 Å². The third-order valence-electron chi connectivity index (χ3n) is 2.92. The van der Waals surface area contributed by atoms with Gasteiger partial charge in [0, 0.05) is 6.54 Å². The van der Waals surface area contributed by atoms with Crippen molar-refractivity contribution in [2.45, 2.75) is 40.2 Å². The van der Waals surface area contributed by atoms with E-state index in [4.69, 9.17) is 10.5 Å². The molecule has 0 saturated heterocycles. The normalized spacial score (nSPS) is 11.7. The topological polar surface area (TPSA) is 47.3 Å². The molecule has 3 heteroatoms. The van der Waals surface area contributed by atoms with Crippen LogP contribution in [0.15, 0.2) is 24.3 Å². The summed E-state index contributed by atoms with van der Waals surface area (Å²) in [5.41, 5.74) is 6.97. The third-order valence-corrected chi connectivity index (χ3v) is 2.92. The SMILES string of the molecule is CC(C)Oc1ccccc1NCCC(C)(C)CN. The van der Waals surface area contributed by atoms with E-state index < -0.39 is 0 Å². The Kier molecular flexibility index (Phi) is 5.48. The van der Waals surface area contributed by atoms with Crippen LogP contribution in [0.5, 0.6) is 5.75 Å².